The first-order chi connectivity index (χ1) is 16.5. The van der Waals surface area contributed by atoms with Crippen molar-refractivity contribution in [2.45, 2.75) is 53.1 Å². The number of likely N-dealkylation sites (tertiary alicyclic amines) is 1. The van der Waals surface area contributed by atoms with E-state index in [4.69, 9.17) is 10.00 Å². The van der Waals surface area contributed by atoms with Gasteiger partial charge < -0.3 is 14.6 Å². The van der Waals surface area contributed by atoms with Gasteiger partial charge in [-0.05, 0) is 68.0 Å². The molecule has 0 bridgehead atoms. The van der Waals surface area contributed by atoms with Gasteiger partial charge in [0.05, 0.1) is 23.9 Å². The maximum Gasteiger partial charge on any atom is 0.253 e. The van der Waals surface area contributed by atoms with Crippen LogP contribution >= 0.6 is 0 Å². The molecule has 34 heavy (non-hydrogen) atoms. The number of piperidine rings is 1. The van der Waals surface area contributed by atoms with Crippen molar-refractivity contribution >= 4 is 5.91 Å². The van der Waals surface area contributed by atoms with E-state index < -0.39 is 0 Å². The average molecular weight is 459 g/mol. The lowest BCUT2D eigenvalue weighted by Crippen LogP contribution is -2.38. The van der Waals surface area contributed by atoms with Gasteiger partial charge in [-0.3, -0.25) is 4.79 Å². The number of ether oxygens (including phenoxy) is 1. The smallest absolute Gasteiger partial charge is 0.253 e. The maximum atomic E-state index is 13.3. The Bertz CT molecular complexity index is 1150. The van der Waals surface area contributed by atoms with E-state index in [1.165, 1.54) is 5.56 Å². The van der Waals surface area contributed by atoms with Crippen LogP contribution in [0.1, 0.15) is 71.2 Å². The number of nitrogens with one attached hydrogen (secondary N) is 1. The number of hydrogen-bond acceptors (Lipinski definition) is 4. The molecule has 0 aliphatic carbocycles. The lowest BCUT2D eigenvalue weighted by molar-refractivity contribution is 0.0713. The van der Waals surface area contributed by atoms with Crippen LogP contribution in [0.3, 0.4) is 0 Å². The zero-order valence-electron chi connectivity index (χ0n) is 20.8. The van der Waals surface area contributed by atoms with E-state index in [0.717, 1.165) is 54.3 Å². The number of benzene rings is 2. The first-order valence-electron chi connectivity index (χ1n) is 11.9. The Labute approximate surface area is 202 Å². The molecule has 178 valence electrons. The summed E-state index contributed by atoms with van der Waals surface area (Å²) in [6.07, 6.45) is 1.84. The second-order valence-electron chi connectivity index (χ2n) is 8.40. The van der Waals surface area contributed by atoms with Crippen molar-refractivity contribution in [2.24, 2.45) is 0 Å². The Morgan fingerprint density at radius 1 is 1.15 bits per heavy atom. The molecule has 1 aliphatic rings. The Morgan fingerprint density at radius 2 is 1.82 bits per heavy atom. The molecule has 2 heterocycles. The highest BCUT2D eigenvalue weighted by molar-refractivity contribution is 5.95. The maximum absolute atomic E-state index is 13.3. The van der Waals surface area contributed by atoms with E-state index in [2.05, 4.69) is 16.0 Å². The van der Waals surface area contributed by atoms with Crippen LogP contribution in [0.25, 0.3) is 11.3 Å². The number of carbonyl (C=O) groups excluding carboxylic acids is 1. The molecule has 0 atom stereocenters. The van der Waals surface area contributed by atoms with Gasteiger partial charge in [-0.2, -0.15) is 5.26 Å². The molecule has 1 aromatic heterocycles. The van der Waals surface area contributed by atoms with Gasteiger partial charge in [0.1, 0.15) is 5.82 Å². The molecule has 1 N–H and O–H groups in total. The number of imidazole rings is 1. The minimum Gasteiger partial charge on any atom is -0.380 e. The monoisotopic (exact) mass is 458 g/mol. The second kappa shape index (κ2) is 11.6. The minimum atomic E-state index is 0.0541. The van der Waals surface area contributed by atoms with E-state index in [1.54, 1.807) is 7.11 Å². The molecule has 2 aromatic carbocycles. The van der Waals surface area contributed by atoms with Crippen molar-refractivity contribution in [1.82, 2.24) is 14.9 Å². The topological polar surface area (TPSA) is 82.0 Å². The summed E-state index contributed by atoms with van der Waals surface area (Å²) in [6, 6.07) is 15.8. The normalized spacial score (nSPS) is 13.7. The minimum absolute atomic E-state index is 0.0541. The highest BCUT2D eigenvalue weighted by Crippen LogP contribution is 2.31. The van der Waals surface area contributed by atoms with E-state index in [9.17, 15) is 4.79 Å². The zero-order chi connectivity index (χ0) is 24.7. The molecule has 0 radical (unpaired) electrons. The van der Waals surface area contributed by atoms with Gasteiger partial charge in [0.15, 0.2) is 0 Å². The fourth-order valence-electron chi connectivity index (χ4n) is 4.51. The molecule has 1 aliphatic heterocycles. The number of rotatable bonds is 5. The summed E-state index contributed by atoms with van der Waals surface area (Å²) >= 11 is 0. The number of aromatic amines is 1. The van der Waals surface area contributed by atoms with E-state index in [0.29, 0.717) is 23.7 Å². The number of H-pyrrole nitrogens is 1. The van der Waals surface area contributed by atoms with Crippen LogP contribution in [-0.4, -0.2) is 41.0 Å². The molecule has 1 fully saturated rings. The van der Waals surface area contributed by atoms with Gasteiger partial charge in [-0.25, -0.2) is 4.98 Å². The summed E-state index contributed by atoms with van der Waals surface area (Å²) < 4.78 is 5.37. The summed E-state index contributed by atoms with van der Waals surface area (Å²) in [7, 11) is 1.67. The standard InChI is InChI=1S/C26H28N4O2.C2H6/c1-17-25(29-18(2)28-17)24-14-22(8-9-23(24)16-32-3)26(31)30-12-10-21(11-13-30)20-6-4-19(15-27)5-7-20;1-2/h4-9,14,21H,10-13,16H2,1-3H3,(H,28,29);1-2H3. The summed E-state index contributed by atoms with van der Waals surface area (Å²) in [5, 5.41) is 8.99. The van der Waals surface area contributed by atoms with Gasteiger partial charge in [0, 0.05) is 37.0 Å². The zero-order valence-corrected chi connectivity index (χ0v) is 20.8. The van der Waals surface area contributed by atoms with E-state index in [-0.39, 0.29) is 5.91 Å². The van der Waals surface area contributed by atoms with Crippen LogP contribution in [0, 0.1) is 25.2 Å². The molecule has 6 heteroatoms. The molecule has 0 unspecified atom stereocenters. The molecule has 1 saturated heterocycles. The number of aryl methyl sites for hydroxylation is 2. The number of nitriles is 1. The van der Waals surface area contributed by atoms with Crippen molar-refractivity contribution in [3.63, 3.8) is 0 Å². The third-order valence-electron chi connectivity index (χ3n) is 6.21. The molecule has 6 nitrogen and oxygen atoms in total. The molecule has 1 amide bonds. The third-order valence-corrected chi connectivity index (χ3v) is 6.21. The van der Waals surface area contributed by atoms with Gasteiger partial charge in [0.2, 0.25) is 0 Å². The predicted octanol–water partition coefficient (Wildman–Crippen LogP) is 5.76. The summed E-state index contributed by atoms with van der Waals surface area (Å²) in [5.74, 6) is 1.32. The Balaban J connectivity index is 0.00000158. The quantitative estimate of drug-likeness (QED) is 0.527. The first kappa shape index (κ1) is 25.2. The van der Waals surface area contributed by atoms with E-state index in [1.807, 2.05) is 75.1 Å². The fourth-order valence-corrected chi connectivity index (χ4v) is 4.51. The van der Waals surface area contributed by atoms with Gasteiger partial charge >= 0.3 is 0 Å². The highest BCUT2D eigenvalue weighted by Gasteiger charge is 2.25. The lowest BCUT2D eigenvalue weighted by atomic mass is 9.88. The summed E-state index contributed by atoms with van der Waals surface area (Å²) in [4.78, 5) is 23.1. The van der Waals surface area contributed by atoms with Gasteiger partial charge in [-0.15, -0.1) is 0 Å². The summed E-state index contributed by atoms with van der Waals surface area (Å²) in [5.41, 5.74) is 6.39. The number of aromatic nitrogens is 2. The highest BCUT2D eigenvalue weighted by atomic mass is 16.5. The van der Waals surface area contributed by atoms with Gasteiger partial charge in [-0.1, -0.05) is 32.0 Å². The molecule has 3 aromatic rings. The van der Waals surface area contributed by atoms with Crippen LogP contribution < -0.4 is 0 Å². The molecule has 4 rings (SSSR count). The van der Waals surface area contributed by atoms with Crippen LogP contribution in [0.15, 0.2) is 42.5 Å². The molecular formula is C28H34N4O2. The number of hydrogen-bond donors (Lipinski definition) is 1. The third kappa shape index (κ3) is 5.55. The van der Waals surface area contributed by atoms with Crippen molar-refractivity contribution < 1.29 is 9.53 Å². The number of nitrogens with zero attached hydrogens (tertiary/aromatic N) is 3. The fraction of sp³-hybridized carbons (Fsp3) is 0.393. The van der Waals surface area contributed by atoms with Crippen molar-refractivity contribution in [1.29, 1.82) is 5.26 Å². The van der Waals surface area contributed by atoms with E-state index >= 15 is 0 Å². The lowest BCUT2D eigenvalue weighted by Gasteiger charge is -2.32. The number of amides is 1. The van der Waals surface area contributed by atoms with Crippen molar-refractivity contribution in [3.05, 3.63) is 76.2 Å². The number of methoxy groups -OCH3 is 1. The largest absolute Gasteiger partial charge is 0.380 e. The van der Waals surface area contributed by atoms with Crippen molar-refractivity contribution in [3.8, 4) is 17.3 Å². The molecule has 0 spiro atoms. The Kier molecular flexibility index (Phi) is 8.61. The molecular weight excluding hydrogens is 424 g/mol. The summed E-state index contributed by atoms with van der Waals surface area (Å²) in [6.45, 7) is 9.83. The van der Waals surface area contributed by atoms with Crippen LogP contribution in [0.2, 0.25) is 0 Å². The van der Waals surface area contributed by atoms with Crippen molar-refractivity contribution in [2.75, 3.05) is 20.2 Å². The van der Waals surface area contributed by atoms with Crippen LogP contribution in [0.4, 0.5) is 0 Å². The van der Waals surface area contributed by atoms with Crippen LogP contribution in [0.5, 0.6) is 0 Å². The SMILES string of the molecule is CC.COCc1ccc(C(=O)N2CCC(c3ccc(C#N)cc3)CC2)cc1-c1nc(C)[nH]c1C. The molecule has 0 saturated carbocycles. The first-order valence-corrected chi connectivity index (χ1v) is 11.9. The number of carbonyl (C=O) groups is 1. The average Bonchev–Trinajstić information content (AvgIpc) is 3.23. The van der Waals surface area contributed by atoms with Crippen LogP contribution in [-0.2, 0) is 11.3 Å². The Hall–Kier alpha value is -3.43. The Morgan fingerprint density at radius 3 is 2.38 bits per heavy atom. The van der Waals surface area contributed by atoms with Gasteiger partial charge in [0.25, 0.3) is 5.91 Å². The second-order valence-corrected chi connectivity index (χ2v) is 8.40. The predicted molar refractivity (Wildman–Crippen MR) is 135 cm³/mol.